The molecule has 0 saturated carbocycles. The number of ether oxygens (including phenoxy) is 2. The fraction of sp³-hybridized carbons (Fsp3) is 0.600. The number of hydrogen-bond acceptors (Lipinski definition) is 3. The van der Waals surface area contributed by atoms with Gasteiger partial charge in [0, 0.05) is 18.2 Å². The third kappa shape index (κ3) is 4.96. The molecule has 0 unspecified atom stereocenters. The SMILES string of the molecule is CCCCCOc1cc(OCCC)ccc1CN. The zero-order chi connectivity index (χ0) is 13.2. The van der Waals surface area contributed by atoms with Gasteiger partial charge >= 0.3 is 0 Å². The second kappa shape index (κ2) is 8.81. The van der Waals surface area contributed by atoms with Crippen LogP contribution in [0.3, 0.4) is 0 Å². The van der Waals surface area contributed by atoms with Crippen LogP contribution in [0.25, 0.3) is 0 Å². The minimum Gasteiger partial charge on any atom is -0.493 e. The summed E-state index contributed by atoms with van der Waals surface area (Å²) in [5, 5.41) is 0. The van der Waals surface area contributed by atoms with Crippen LogP contribution in [0.4, 0.5) is 0 Å². The Morgan fingerprint density at radius 1 is 1.00 bits per heavy atom. The summed E-state index contributed by atoms with van der Waals surface area (Å²) in [6.45, 7) is 6.26. The molecule has 0 amide bonds. The van der Waals surface area contributed by atoms with Crippen molar-refractivity contribution in [2.45, 2.75) is 46.1 Å². The molecule has 0 aliphatic carbocycles. The molecule has 0 radical (unpaired) electrons. The summed E-state index contributed by atoms with van der Waals surface area (Å²) in [4.78, 5) is 0. The quantitative estimate of drug-likeness (QED) is 0.683. The number of unbranched alkanes of at least 4 members (excludes halogenated alkanes) is 2. The van der Waals surface area contributed by atoms with Gasteiger partial charge in [0.15, 0.2) is 0 Å². The van der Waals surface area contributed by atoms with Gasteiger partial charge in [-0.1, -0.05) is 32.8 Å². The highest BCUT2D eigenvalue weighted by Gasteiger charge is 2.04. The molecule has 3 heteroatoms. The van der Waals surface area contributed by atoms with Crippen LogP contribution < -0.4 is 15.2 Å². The Bertz CT molecular complexity index is 339. The van der Waals surface area contributed by atoms with Crippen LogP contribution in [0.15, 0.2) is 18.2 Å². The van der Waals surface area contributed by atoms with Crippen LogP contribution in [-0.4, -0.2) is 13.2 Å². The van der Waals surface area contributed by atoms with E-state index in [4.69, 9.17) is 15.2 Å². The fourth-order valence-electron chi connectivity index (χ4n) is 1.68. The van der Waals surface area contributed by atoms with E-state index in [1.165, 1.54) is 12.8 Å². The smallest absolute Gasteiger partial charge is 0.127 e. The summed E-state index contributed by atoms with van der Waals surface area (Å²) in [5.41, 5.74) is 6.75. The molecule has 1 rings (SSSR count). The molecule has 1 aromatic rings. The van der Waals surface area contributed by atoms with Crippen molar-refractivity contribution in [2.24, 2.45) is 5.73 Å². The molecule has 18 heavy (non-hydrogen) atoms. The molecule has 0 fully saturated rings. The summed E-state index contributed by atoms with van der Waals surface area (Å²) >= 11 is 0. The molecule has 0 heterocycles. The first-order chi connectivity index (χ1) is 8.81. The van der Waals surface area contributed by atoms with Crippen molar-refractivity contribution < 1.29 is 9.47 Å². The van der Waals surface area contributed by atoms with Crippen molar-refractivity contribution in [1.82, 2.24) is 0 Å². The Balaban J connectivity index is 2.60. The first-order valence-corrected chi connectivity index (χ1v) is 6.90. The number of benzene rings is 1. The van der Waals surface area contributed by atoms with E-state index in [0.717, 1.165) is 43.1 Å². The maximum Gasteiger partial charge on any atom is 0.127 e. The Labute approximate surface area is 110 Å². The molecule has 1 aromatic carbocycles. The van der Waals surface area contributed by atoms with E-state index in [1.54, 1.807) is 0 Å². The zero-order valence-electron chi connectivity index (χ0n) is 11.6. The highest BCUT2D eigenvalue weighted by Crippen LogP contribution is 2.25. The lowest BCUT2D eigenvalue weighted by Gasteiger charge is -2.12. The van der Waals surface area contributed by atoms with E-state index in [2.05, 4.69) is 13.8 Å². The van der Waals surface area contributed by atoms with Gasteiger partial charge in [-0.25, -0.2) is 0 Å². The van der Waals surface area contributed by atoms with E-state index < -0.39 is 0 Å². The van der Waals surface area contributed by atoms with Crippen molar-refractivity contribution in [3.05, 3.63) is 23.8 Å². The van der Waals surface area contributed by atoms with E-state index in [0.29, 0.717) is 6.54 Å². The lowest BCUT2D eigenvalue weighted by Crippen LogP contribution is -2.05. The van der Waals surface area contributed by atoms with E-state index in [1.807, 2.05) is 18.2 Å². The molecule has 102 valence electrons. The Morgan fingerprint density at radius 3 is 2.50 bits per heavy atom. The minimum atomic E-state index is 0.497. The Kier molecular flexibility index (Phi) is 7.26. The molecule has 3 nitrogen and oxygen atoms in total. The first kappa shape index (κ1) is 14.8. The molecule has 0 atom stereocenters. The van der Waals surface area contributed by atoms with Crippen molar-refractivity contribution in [3.63, 3.8) is 0 Å². The average Bonchev–Trinajstić information content (AvgIpc) is 2.41. The van der Waals surface area contributed by atoms with Crippen LogP contribution in [0.1, 0.15) is 45.1 Å². The summed E-state index contributed by atoms with van der Waals surface area (Å²) in [6, 6.07) is 5.89. The van der Waals surface area contributed by atoms with E-state index >= 15 is 0 Å². The standard InChI is InChI=1S/C15H25NO2/c1-3-5-6-10-18-15-11-14(17-9-4-2)8-7-13(15)12-16/h7-8,11H,3-6,9-10,12,16H2,1-2H3. The third-order valence-corrected chi connectivity index (χ3v) is 2.74. The minimum absolute atomic E-state index is 0.497. The molecule has 0 aromatic heterocycles. The largest absolute Gasteiger partial charge is 0.493 e. The average molecular weight is 251 g/mol. The second-order valence-electron chi connectivity index (χ2n) is 4.38. The fourth-order valence-corrected chi connectivity index (χ4v) is 1.68. The summed E-state index contributed by atoms with van der Waals surface area (Å²) in [6.07, 6.45) is 4.49. The van der Waals surface area contributed by atoms with Gasteiger partial charge < -0.3 is 15.2 Å². The normalized spacial score (nSPS) is 10.4. The van der Waals surface area contributed by atoms with E-state index in [-0.39, 0.29) is 0 Å². The highest BCUT2D eigenvalue weighted by atomic mass is 16.5. The van der Waals surface area contributed by atoms with Crippen LogP contribution >= 0.6 is 0 Å². The second-order valence-corrected chi connectivity index (χ2v) is 4.38. The molecule has 0 aliphatic heterocycles. The first-order valence-electron chi connectivity index (χ1n) is 6.90. The predicted molar refractivity (Wildman–Crippen MR) is 75.1 cm³/mol. The molecule has 0 aliphatic rings. The Morgan fingerprint density at radius 2 is 1.83 bits per heavy atom. The zero-order valence-corrected chi connectivity index (χ0v) is 11.6. The highest BCUT2D eigenvalue weighted by molar-refractivity contribution is 5.40. The van der Waals surface area contributed by atoms with Gasteiger partial charge in [0.2, 0.25) is 0 Å². The summed E-state index contributed by atoms with van der Waals surface area (Å²) < 4.78 is 11.4. The molecule has 2 N–H and O–H groups in total. The van der Waals surface area contributed by atoms with Crippen LogP contribution in [-0.2, 0) is 6.54 Å². The maximum atomic E-state index is 5.79. The third-order valence-electron chi connectivity index (χ3n) is 2.74. The predicted octanol–water partition coefficient (Wildman–Crippen LogP) is 3.50. The number of nitrogens with two attached hydrogens (primary N) is 1. The topological polar surface area (TPSA) is 44.5 Å². The lowest BCUT2D eigenvalue weighted by atomic mass is 10.2. The summed E-state index contributed by atoms with van der Waals surface area (Å²) in [5.74, 6) is 1.72. The van der Waals surface area contributed by atoms with Crippen molar-refractivity contribution in [2.75, 3.05) is 13.2 Å². The van der Waals surface area contributed by atoms with Crippen LogP contribution in [0, 0.1) is 0 Å². The van der Waals surface area contributed by atoms with Gasteiger partial charge in [-0.2, -0.15) is 0 Å². The molecular formula is C15H25NO2. The van der Waals surface area contributed by atoms with Crippen molar-refractivity contribution in [1.29, 1.82) is 0 Å². The lowest BCUT2D eigenvalue weighted by molar-refractivity contribution is 0.293. The van der Waals surface area contributed by atoms with Gasteiger partial charge in [-0.3, -0.25) is 0 Å². The van der Waals surface area contributed by atoms with Gasteiger partial charge in [0.1, 0.15) is 11.5 Å². The van der Waals surface area contributed by atoms with Crippen LogP contribution in [0.2, 0.25) is 0 Å². The van der Waals surface area contributed by atoms with Crippen molar-refractivity contribution in [3.8, 4) is 11.5 Å². The van der Waals surface area contributed by atoms with Gasteiger partial charge in [0.05, 0.1) is 13.2 Å². The number of hydrogen-bond donors (Lipinski definition) is 1. The van der Waals surface area contributed by atoms with Gasteiger partial charge in [-0.15, -0.1) is 0 Å². The molecular weight excluding hydrogens is 226 g/mol. The molecule has 0 spiro atoms. The monoisotopic (exact) mass is 251 g/mol. The van der Waals surface area contributed by atoms with E-state index in [9.17, 15) is 0 Å². The van der Waals surface area contributed by atoms with Crippen LogP contribution in [0.5, 0.6) is 11.5 Å². The summed E-state index contributed by atoms with van der Waals surface area (Å²) in [7, 11) is 0. The molecule has 0 bridgehead atoms. The van der Waals surface area contributed by atoms with Gasteiger partial charge in [-0.05, 0) is 18.9 Å². The maximum absolute atomic E-state index is 5.79. The molecule has 0 saturated heterocycles. The Hall–Kier alpha value is -1.22. The van der Waals surface area contributed by atoms with Crippen molar-refractivity contribution >= 4 is 0 Å². The van der Waals surface area contributed by atoms with Gasteiger partial charge in [0.25, 0.3) is 0 Å². The number of rotatable bonds is 9.